The highest BCUT2D eigenvalue weighted by Crippen LogP contribution is 2.22. The number of hydrogen-bond acceptors (Lipinski definition) is 3. The van der Waals surface area contributed by atoms with Crippen LogP contribution in [-0.2, 0) is 4.79 Å². The molecule has 2 N–H and O–H groups in total. The fourth-order valence-electron chi connectivity index (χ4n) is 1.84. The molecule has 0 radical (unpaired) electrons. The minimum atomic E-state index is -0.396. The number of anilines is 1. The summed E-state index contributed by atoms with van der Waals surface area (Å²) in [5.41, 5.74) is 6.80. The van der Waals surface area contributed by atoms with Crippen molar-refractivity contribution in [1.82, 2.24) is 4.90 Å². The smallest absolute Gasteiger partial charge is 0.241 e. The largest absolute Gasteiger partial charge is 0.389 e. The molecule has 1 aromatic rings. The summed E-state index contributed by atoms with van der Waals surface area (Å²) < 4.78 is 13.3. The summed E-state index contributed by atoms with van der Waals surface area (Å²) >= 11 is 4.97. The second kappa shape index (κ2) is 7.19. The molecule has 0 aliphatic rings. The van der Waals surface area contributed by atoms with Crippen molar-refractivity contribution in [2.45, 2.75) is 13.3 Å². The minimum Gasteiger partial charge on any atom is -0.389 e. The zero-order valence-corrected chi connectivity index (χ0v) is 12.8. The van der Waals surface area contributed by atoms with Crippen LogP contribution in [0.3, 0.4) is 0 Å². The maximum absolute atomic E-state index is 13.3. The van der Waals surface area contributed by atoms with E-state index in [0.29, 0.717) is 17.8 Å². The van der Waals surface area contributed by atoms with Crippen LogP contribution in [-0.4, -0.2) is 43.0 Å². The van der Waals surface area contributed by atoms with Gasteiger partial charge in [0.25, 0.3) is 0 Å². The Morgan fingerprint density at radius 1 is 1.40 bits per heavy atom. The van der Waals surface area contributed by atoms with Crippen LogP contribution < -0.4 is 10.6 Å². The van der Waals surface area contributed by atoms with Gasteiger partial charge in [-0.2, -0.15) is 0 Å². The van der Waals surface area contributed by atoms with Gasteiger partial charge in [0.05, 0.1) is 6.54 Å². The molecular formula is C14H20FN3OS. The van der Waals surface area contributed by atoms with E-state index in [0.717, 1.165) is 6.42 Å². The normalized spacial score (nSPS) is 10.2. The van der Waals surface area contributed by atoms with Crippen molar-refractivity contribution < 1.29 is 9.18 Å². The number of nitrogens with two attached hydrogens (primary N) is 1. The molecule has 0 unspecified atom stereocenters. The maximum atomic E-state index is 13.3. The Morgan fingerprint density at radius 2 is 2.05 bits per heavy atom. The quantitative estimate of drug-likeness (QED) is 0.813. The number of hydrogen-bond donors (Lipinski definition) is 1. The zero-order chi connectivity index (χ0) is 15.3. The van der Waals surface area contributed by atoms with E-state index in [1.165, 1.54) is 17.0 Å². The Hall–Kier alpha value is -1.69. The third kappa shape index (κ3) is 4.16. The van der Waals surface area contributed by atoms with Gasteiger partial charge in [-0.15, -0.1) is 0 Å². The second-order valence-corrected chi connectivity index (χ2v) is 5.18. The molecule has 0 aliphatic carbocycles. The van der Waals surface area contributed by atoms with E-state index < -0.39 is 5.82 Å². The van der Waals surface area contributed by atoms with Crippen molar-refractivity contribution in [1.29, 1.82) is 0 Å². The summed E-state index contributed by atoms with van der Waals surface area (Å²) in [6.07, 6.45) is 0.856. The summed E-state index contributed by atoms with van der Waals surface area (Å²) in [5, 5.41) is 0. The lowest BCUT2D eigenvalue weighted by Gasteiger charge is -2.27. The summed E-state index contributed by atoms with van der Waals surface area (Å²) in [6, 6.07) is 4.27. The molecule has 110 valence electrons. The molecule has 6 heteroatoms. The third-order valence-electron chi connectivity index (χ3n) is 2.88. The Bertz CT molecular complexity index is 505. The number of benzene rings is 1. The lowest BCUT2D eigenvalue weighted by atomic mass is 10.1. The van der Waals surface area contributed by atoms with Gasteiger partial charge in [0.15, 0.2) is 0 Å². The van der Waals surface area contributed by atoms with Crippen LogP contribution >= 0.6 is 12.2 Å². The van der Waals surface area contributed by atoms with Crippen LogP contribution in [0.1, 0.15) is 18.9 Å². The molecule has 0 bridgehead atoms. The van der Waals surface area contributed by atoms with E-state index in [2.05, 4.69) is 0 Å². The van der Waals surface area contributed by atoms with Gasteiger partial charge in [-0.3, -0.25) is 4.79 Å². The summed E-state index contributed by atoms with van der Waals surface area (Å²) in [5.74, 6) is -0.427. The highest BCUT2D eigenvalue weighted by atomic mass is 32.1. The topological polar surface area (TPSA) is 49.6 Å². The first-order valence-corrected chi connectivity index (χ1v) is 6.82. The van der Waals surface area contributed by atoms with E-state index in [4.69, 9.17) is 18.0 Å². The van der Waals surface area contributed by atoms with Crippen LogP contribution in [0.15, 0.2) is 18.2 Å². The molecule has 1 amide bonds. The number of carbonyl (C=O) groups excluding carboxylic acids is 1. The van der Waals surface area contributed by atoms with Crippen molar-refractivity contribution in [3.05, 3.63) is 29.6 Å². The van der Waals surface area contributed by atoms with Crippen molar-refractivity contribution in [3.8, 4) is 0 Å². The van der Waals surface area contributed by atoms with Crippen LogP contribution in [0.5, 0.6) is 0 Å². The SMILES string of the molecule is CCCN(CC(=O)N(C)C)c1ccc(F)cc1C(N)=S. The average molecular weight is 297 g/mol. The second-order valence-electron chi connectivity index (χ2n) is 4.74. The highest BCUT2D eigenvalue weighted by molar-refractivity contribution is 7.80. The van der Waals surface area contributed by atoms with Crippen molar-refractivity contribution >= 4 is 28.8 Å². The first-order chi connectivity index (χ1) is 9.36. The molecule has 0 atom stereocenters. The zero-order valence-electron chi connectivity index (χ0n) is 12.0. The fourth-order valence-corrected chi connectivity index (χ4v) is 2.00. The van der Waals surface area contributed by atoms with E-state index in [1.54, 1.807) is 20.2 Å². The number of likely N-dealkylation sites (N-methyl/N-ethyl adjacent to an activating group) is 1. The lowest BCUT2D eigenvalue weighted by molar-refractivity contribution is -0.127. The van der Waals surface area contributed by atoms with Gasteiger partial charge in [-0.05, 0) is 24.6 Å². The van der Waals surface area contributed by atoms with Gasteiger partial charge >= 0.3 is 0 Å². The average Bonchev–Trinajstić information content (AvgIpc) is 2.37. The van der Waals surface area contributed by atoms with Crippen molar-refractivity contribution in [2.75, 3.05) is 32.1 Å². The standard InChI is InChI=1S/C14H20FN3OS/c1-4-7-18(9-13(19)17(2)3)12-6-5-10(15)8-11(12)14(16)20/h5-6,8H,4,7,9H2,1-3H3,(H2,16,20). The molecule has 0 saturated carbocycles. The van der Waals surface area contributed by atoms with Crippen LogP contribution in [0, 0.1) is 5.82 Å². The van der Waals surface area contributed by atoms with Crippen molar-refractivity contribution in [2.24, 2.45) is 5.73 Å². The maximum Gasteiger partial charge on any atom is 0.241 e. The van der Waals surface area contributed by atoms with E-state index >= 15 is 0 Å². The van der Waals surface area contributed by atoms with Gasteiger partial charge in [-0.25, -0.2) is 4.39 Å². The number of halogens is 1. The third-order valence-corrected chi connectivity index (χ3v) is 3.10. The number of nitrogens with zero attached hydrogens (tertiary/aromatic N) is 2. The monoisotopic (exact) mass is 297 g/mol. The van der Waals surface area contributed by atoms with E-state index in [1.807, 2.05) is 11.8 Å². The molecule has 1 rings (SSSR count). The Kier molecular flexibility index (Phi) is 5.88. The predicted octanol–water partition coefficient (Wildman–Crippen LogP) is 1.76. The number of amides is 1. The van der Waals surface area contributed by atoms with Gasteiger partial charge in [0, 0.05) is 31.9 Å². The van der Waals surface area contributed by atoms with E-state index in [-0.39, 0.29) is 17.4 Å². The van der Waals surface area contributed by atoms with Gasteiger partial charge < -0.3 is 15.5 Å². The number of rotatable bonds is 6. The fraction of sp³-hybridized carbons (Fsp3) is 0.429. The molecule has 0 aromatic heterocycles. The first kappa shape index (κ1) is 16.4. The summed E-state index contributed by atoms with van der Waals surface area (Å²) in [6.45, 7) is 2.89. The van der Waals surface area contributed by atoms with E-state index in [9.17, 15) is 9.18 Å². The molecule has 0 spiro atoms. The molecule has 4 nitrogen and oxygen atoms in total. The molecule has 1 aromatic carbocycles. The van der Waals surface area contributed by atoms with Gasteiger partial charge in [-0.1, -0.05) is 19.1 Å². The molecule has 0 heterocycles. The first-order valence-electron chi connectivity index (χ1n) is 6.41. The molecular weight excluding hydrogens is 277 g/mol. The minimum absolute atomic E-state index is 0.0309. The number of carbonyl (C=O) groups is 1. The lowest BCUT2D eigenvalue weighted by Crippen LogP contribution is -2.38. The molecule has 20 heavy (non-hydrogen) atoms. The molecule has 0 fully saturated rings. The number of thiocarbonyl (C=S) groups is 1. The molecule has 0 aliphatic heterocycles. The van der Waals surface area contributed by atoms with Gasteiger partial charge in [0.2, 0.25) is 5.91 Å². The Labute approximate surface area is 124 Å². The Balaban J connectivity index is 3.14. The predicted molar refractivity (Wildman–Crippen MR) is 83.5 cm³/mol. The van der Waals surface area contributed by atoms with Crippen molar-refractivity contribution in [3.63, 3.8) is 0 Å². The molecule has 0 saturated heterocycles. The highest BCUT2D eigenvalue weighted by Gasteiger charge is 2.17. The summed E-state index contributed by atoms with van der Waals surface area (Å²) in [7, 11) is 3.40. The van der Waals surface area contributed by atoms with Crippen LogP contribution in [0.25, 0.3) is 0 Å². The van der Waals surface area contributed by atoms with Gasteiger partial charge in [0.1, 0.15) is 10.8 Å². The van der Waals surface area contributed by atoms with Crippen LogP contribution in [0.4, 0.5) is 10.1 Å². The van der Waals surface area contributed by atoms with Crippen LogP contribution in [0.2, 0.25) is 0 Å². The summed E-state index contributed by atoms with van der Waals surface area (Å²) in [4.78, 5) is 15.4. The Morgan fingerprint density at radius 3 is 2.55 bits per heavy atom.